The first-order valence-corrected chi connectivity index (χ1v) is 8.36. The zero-order chi connectivity index (χ0) is 14.3. The zero-order valence-corrected chi connectivity index (χ0v) is 12.4. The van der Waals surface area contributed by atoms with Gasteiger partial charge in [0.2, 0.25) is 0 Å². The van der Waals surface area contributed by atoms with Crippen LogP contribution >= 0.6 is 0 Å². The quantitative estimate of drug-likeness (QED) is 0.565. The Labute approximate surface area is 116 Å². The van der Waals surface area contributed by atoms with Crippen molar-refractivity contribution in [2.45, 2.75) is 37.5 Å². The molecule has 0 aliphatic carbocycles. The van der Waals surface area contributed by atoms with Crippen molar-refractivity contribution in [2.24, 2.45) is 0 Å². The van der Waals surface area contributed by atoms with Gasteiger partial charge in [0.25, 0.3) is 0 Å². The van der Waals surface area contributed by atoms with E-state index in [1.165, 1.54) is 31.7 Å². The highest BCUT2D eigenvalue weighted by atomic mass is 32.2. The van der Waals surface area contributed by atoms with E-state index in [1.54, 1.807) is 12.1 Å². The van der Waals surface area contributed by atoms with Crippen molar-refractivity contribution >= 4 is 15.4 Å². The second-order valence-corrected chi connectivity index (χ2v) is 6.59. The van der Waals surface area contributed by atoms with Gasteiger partial charge in [-0.3, -0.25) is 4.98 Å². The molecule has 0 saturated carbocycles. The minimum atomic E-state index is -3.18. The maximum Gasteiger partial charge on any atom is 0.177 e. The van der Waals surface area contributed by atoms with Gasteiger partial charge >= 0.3 is 0 Å². The van der Waals surface area contributed by atoms with Crippen LogP contribution in [0.2, 0.25) is 0 Å². The lowest BCUT2D eigenvalue weighted by molar-refractivity contribution is 0.601. The second-order valence-electron chi connectivity index (χ2n) is 4.57. The van der Waals surface area contributed by atoms with E-state index in [-0.39, 0.29) is 4.90 Å². The number of nitrogens with zero attached hydrogens (tertiary/aromatic N) is 1. The summed E-state index contributed by atoms with van der Waals surface area (Å²) in [5.41, 5.74) is 1.51. The molecule has 0 bridgehead atoms. The zero-order valence-electron chi connectivity index (χ0n) is 11.6. The number of hydrogen-bond acceptors (Lipinski definition) is 3. The van der Waals surface area contributed by atoms with Crippen molar-refractivity contribution in [3.05, 3.63) is 42.8 Å². The predicted molar refractivity (Wildman–Crippen MR) is 79.7 cm³/mol. The number of rotatable bonds is 7. The van der Waals surface area contributed by atoms with E-state index in [0.29, 0.717) is 5.69 Å². The van der Waals surface area contributed by atoms with Crippen LogP contribution in [0, 0.1) is 0 Å². The molecule has 104 valence electrons. The third-order valence-electron chi connectivity index (χ3n) is 2.79. The lowest BCUT2D eigenvalue weighted by Crippen LogP contribution is -1.98. The number of aromatic nitrogens is 1. The Morgan fingerprint density at radius 3 is 2.63 bits per heavy atom. The van der Waals surface area contributed by atoms with Crippen molar-refractivity contribution in [3.63, 3.8) is 0 Å². The first-order valence-electron chi connectivity index (χ1n) is 6.47. The second kappa shape index (κ2) is 7.24. The van der Waals surface area contributed by atoms with Crippen molar-refractivity contribution in [2.75, 3.05) is 6.26 Å². The smallest absolute Gasteiger partial charge is 0.177 e. The van der Waals surface area contributed by atoms with E-state index in [2.05, 4.69) is 24.6 Å². The van der Waals surface area contributed by atoms with E-state index in [1.807, 2.05) is 6.08 Å². The summed E-state index contributed by atoms with van der Waals surface area (Å²) in [5, 5.41) is 0. The lowest BCUT2D eigenvalue weighted by atomic mass is 10.1. The Morgan fingerprint density at radius 1 is 1.37 bits per heavy atom. The molecule has 3 nitrogen and oxygen atoms in total. The molecule has 4 heteroatoms. The van der Waals surface area contributed by atoms with Crippen molar-refractivity contribution in [1.29, 1.82) is 0 Å². The van der Waals surface area contributed by atoms with E-state index in [0.717, 1.165) is 12.0 Å². The van der Waals surface area contributed by atoms with E-state index < -0.39 is 9.84 Å². The van der Waals surface area contributed by atoms with Crippen LogP contribution in [0.5, 0.6) is 0 Å². The molecule has 0 atom stereocenters. The monoisotopic (exact) mass is 279 g/mol. The van der Waals surface area contributed by atoms with Crippen LogP contribution in [-0.4, -0.2) is 19.7 Å². The molecule has 0 unspecified atom stereocenters. The molecule has 0 aromatic carbocycles. The van der Waals surface area contributed by atoms with Crippen molar-refractivity contribution in [1.82, 2.24) is 4.98 Å². The van der Waals surface area contributed by atoms with Crippen LogP contribution in [-0.2, 0) is 9.84 Å². The molecule has 0 spiro atoms. The first kappa shape index (κ1) is 15.6. The maximum absolute atomic E-state index is 11.3. The van der Waals surface area contributed by atoms with Crippen LogP contribution in [0.15, 0.2) is 42.0 Å². The molecule has 0 saturated heterocycles. The molecular formula is C15H21NO2S. The Morgan fingerprint density at radius 2 is 2.11 bits per heavy atom. The Bertz CT molecular complexity index is 542. The number of hydrogen-bond donors (Lipinski definition) is 0. The Hall–Kier alpha value is -1.42. The van der Waals surface area contributed by atoms with E-state index in [4.69, 9.17) is 0 Å². The van der Waals surface area contributed by atoms with Gasteiger partial charge in [-0.2, -0.15) is 0 Å². The van der Waals surface area contributed by atoms with E-state index >= 15 is 0 Å². The predicted octanol–water partition coefficient (Wildman–Crippen LogP) is 3.63. The number of pyridine rings is 1. The van der Waals surface area contributed by atoms with E-state index in [9.17, 15) is 8.42 Å². The lowest BCUT2D eigenvalue weighted by Gasteiger charge is -2.02. The standard InChI is InChI=1S/C15H21NO2S/c1-4-5-6-7-8-9-13(2)15-11-10-14(12-16-15)19(3,17)18/h8-12H,2,4-7H2,1,3H3. The maximum atomic E-state index is 11.3. The van der Waals surface area contributed by atoms with Crippen LogP contribution in [0.1, 0.15) is 38.3 Å². The average Bonchev–Trinajstić information content (AvgIpc) is 2.37. The van der Waals surface area contributed by atoms with Crippen molar-refractivity contribution in [3.8, 4) is 0 Å². The van der Waals surface area contributed by atoms with Crippen molar-refractivity contribution < 1.29 is 8.42 Å². The fourth-order valence-corrected chi connectivity index (χ4v) is 2.17. The summed E-state index contributed by atoms with van der Waals surface area (Å²) in [7, 11) is -3.18. The molecule has 0 N–H and O–H groups in total. The van der Waals surface area contributed by atoms with Gasteiger partial charge in [0.05, 0.1) is 10.6 Å². The third-order valence-corrected chi connectivity index (χ3v) is 3.88. The number of sulfone groups is 1. The normalized spacial score (nSPS) is 11.9. The van der Waals surface area contributed by atoms with Crippen LogP contribution in [0.4, 0.5) is 0 Å². The summed E-state index contributed by atoms with van der Waals surface area (Å²) in [5.74, 6) is 0. The Kier molecular flexibility index (Phi) is 5.96. The van der Waals surface area contributed by atoms with Gasteiger partial charge in [-0.25, -0.2) is 8.42 Å². The summed E-state index contributed by atoms with van der Waals surface area (Å²) < 4.78 is 22.6. The third kappa shape index (κ3) is 5.39. The minimum Gasteiger partial charge on any atom is -0.255 e. The molecule has 1 heterocycles. The number of unbranched alkanes of at least 4 members (excludes halogenated alkanes) is 3. The molecule has 1 rings (SSSR count). The highest BCUT2D eigenvalue weighted by Crippen LogP contribution is 2.14. The highest BCUT2D eigenvalue weighted by Gasteiger charge is 2.07. The van der Waals surface area contributed by atoms with Gasteiger partial charge in [0.15, 0.2) is 9.84 Å². The summed E-state index contributed by atoms with van der Waals surface area (Å²) >= 11 is 0. The van der Waals surface area contributed by atoms with Crippen LogP contribution < -0.4 is 0 Å². The number of allylic oxidation sites excluding steroid dienone is 3. The molecule has 0 radical (unpaired) electrons. The molecular weight excluding hydrogens is 258 g/mol. The molecule has 0 aliphatic rings. The molecule has 0 fully saturated rings. The highest BCUT2D eigenvalue weighted by molar-refractivity contribution is 7.90. The van der Waals surface area contributed by atoms with Crippen LogP contribution in [0.25, 0.3) is 5.57 Å². The fourth-order valence-electron chi connectivity index (χ4n) is 1.61. The summed E-state index contributed by atoms with van der Waals surface area (Å²) in [6.07, 6.45) is 11.2. The summed E-state index contributed by atoms with van der Waals surface area (Å²) in [4.78, 5) is 4.36. The van der Waals surface area contributed by atoms with Gasteiger partial charge in [0.1, 0.15) is 0 Å². The molecule has 0 aliphatic heterocycles. The van der Waals surface area contributed by atoms with Gasteiger partial charge in [-0.1, -0.05) is 38.5 Å². The Balaban J connectivity index is 2.63. The van der Waals surface area contributed by atoms with Gasteiger partial charge in [0, 0.05) is 12.5 Å². The fraction of sp³-hybridized carbons (Fsp3) is 0.400. The van der Waals surface area contributed by atoms with Gasteiger partial charge < -0.3 is 0 Å². The van der Waals surface area contributed by atoms with Crippen LogP contribution in [0.3, 0.4) is 0 Å². The summed E-state index contributed by atoms with van der Waals surface area (Å²) in [6.45, 7) is 6.11. The summed E-state index contributed by atoms with van der Waals surface area (Å²) in [6, 6.07) is 3.25. The molecule has 19 heavy (non-hydrogen) atoms. The molecule has 0 amide bonds. The molecule has 1 aromatic rings. The SMILES string of the molecule is C=C(C=CCCCCC)c1ccc(S(C)(=O)=O)cn1. The largest absolute Gasteiger partial charge is 0.255 e. The molecule has 1 aromatic heterocycles. The van der Waals surface area contributed by atoms with Gasteiger partial charge in [-0.15, -0.1) is 0 Å². The topological polar surface area (TPSA) is 47.0 Å². The van der Waals surface area contributed by atoms with Gasteiger partial charge in [-0.05, 0) is 30.5 Å². The first-order chi connectivity index (χ1) is 8.95. The minimum absolute atomic E-state index is 0.232. The average molecular weight is 279 g/mol.